The zero-order valence-corrected chi connectivity index (χ0v) is 13.9. The number of carbonyl (C=O) groups excluding carboxylic acids is 1. The monoisotopic (exact) mass is 360 g/mol. The van der Waals surface area contributed by atoms with Gasteiger partial charge >= 0.3 is 5.97 Å². The van der Waals surface area contributed by atoms with Crippen molar-refractivity contribution < 1.29 is 18.9 Å². The Morgan fingerprint density at radius 2 is 1.67 bits per heavy atom. The van der Waals surface area contributed by atoms with E-state index in [1.165, 1.54) is 24.3 Å². The lowest BCUT2D eigenvalue weighted by Crippen LogP contribution is -2.11. The van der Waals surface area contributed by atoms with Crippen molar-refractivity contribution in [3.63, 3.8) is 0 Å². The molecule has 1 aromatic heterocycles. The standard InChI is InChI=1S/C20H12N2O5/c23-20(13-7-1-4-10-16(13)22(24)25)27-17-11-5-2-8-14(17)19-21-15-9-3-6-12-18(15)26-19/h1-12H. The lowest BCUT2D eigenvalue weighted by atomic mass is 10.1. The van der Waals surface area contributed by atoms with E-state index in [0.29, 0.717) is 22.6 Å². The summed E-state index contributed by atoms with van der Waals surface area (Å²) in [5, 5.41) is 11.1. The van der Waals surface area contributed by atoms with E-state index in [2.05, 4.69) is 4.98 Å². The maximum atomic E-state index is 12.5. The molecule has 27 heavy (non-hydrogen) atoms. The summed E-state index contributed by atoms with van der Waals surface area (Å²) in [6.45, 7) is 0. The zero-order chi connectivity index (χ0) is 18.8. The number of esters is 1. The molecule has 1 heterocycles. The van der Waals surface area contributed by atoms with E-state index in [-0.39, 0.29) is 17.0 Å². The molecule has 132 valence electrons. The molecule has 0 radical (unpaired) electrons. The molecule has 0 aliphatic carbocycles. The predicted octanol–water partition coefficient (Wildman–Crippen LogP) is 4.62. The Kier molecular flexibility index (Phi) is 4.10. The Bertz CT molecular complexity index is 1130. The van der Waals surface area contributed by atoms with Crippen LogP contribution in [-0.2, 0) is 0 Å². The molecule has 0 aliphatic heterocycles. The normalized spacial score (nSPS) is 10.7. The Morgan fingerprint density at radius 3 is 2.48 bits per heavy atom. The molecule has 0 spiro atoms. The van der Waals surface area contributed by atoms with Gasteiger partial charge in [0.15, 0.2) is 5.58 Å². The van der Waals surface area contributed by atoms with E-state index >= 15 is 0 Å². The third-order valence-corrected chi connectivity index (χ3v) is 3.93. The second-order valence-corrected chi connectivity index (χ2v) is 5.65. The molecule has 0 atom stereocenters. The molecule has 3 aromatic carbocycles. The first kappa shape index (κ1) is 16.5. The van der Waals surface area contributed by atoms with Gasteiger partial charge in [-0.3, -0.25) is 10.1 Å². The topological polar surface area (TPSA) is 95.5 Å². The summed E-state index contributed by atoms with van der Waals surface area (Å²) < 4.78 is 11.2. The van der Waals surface area contributed by atoms with Gasteiger partial charge in [0, 0.05) is 6.07 Å². The van der Waals surface area contributed by atoms with Gasteiger partial charge in [-0.1, -0.05) is 36.4 Å². The van der Waals surface area contributed by atoms with Crippen LogP contribution in [0.3, 0.4) is 0 Å². The summed E-state index contributed by atoms with van der Waals surface area (Å²) in [6.07, 6.45) is 0. The van der Waals surface area contributed by atoms with Crippen molar-refractivity contribution in [2.75, 3.05) is 0 Å². The molecule has 0 unspecified atom stereocenters. The first-order chi connectivity index (χ1) is 13.1. The maximum absolute atomic E-state index is 12.5. The first-order valence-electron chi connectivity index (χ1n) is 8.04. The van der Waals surface area contributed by atoms with Crippen LogP contribution in [0.5, 0.6) is 5.75 Å². The zero-order valence-electron chi connectivity index (χ0n) is 13.9. The van der Waals surface area contributed by atoms with Gasteiger partial charge in [0.05, 0.1) is 10.5 Å². The summed E-state index contributed by atoms with van der Waals surface area (Å²) in [6, 6.07) is 19.6. The molecular formula is C20H12N2O5. The molecule has 0 amide bonds. The molecule has 0 N–H and O–H groups in total. The van der Waals surface area contributed by atoms with Gasteiger partial charge in [-0.05, 0) is 30.3 Å². The van der Waals surface area contributed by atoms with Crippen LogP contribution < -0.4 is 4.74 Å². The summed E-state index contributed by atoms with van der Waals surface area (Å²) in [5.41, 5.74) is 1.30. The third kappa shape index (κ3) is 3.13. The van der Waals surface area contributed by atoms with Crippen LogP contribution in [0.4, 0.5) is 5.69 Å². The van der Waals surface area contributed by atoms with E-state index in [0.717, 1.165) is 0 Å². The van der Waals surface area contributed by atoms with Crippen molar-refractivity contribution in [2.45, 2.75) is 0 Å². The van der Waals surface area contributed by atoms with Gasteiger partial charge in [-0.25, -0.2) is 9.78 Å². The highest BCUT2D eigenvalue weighted by Gasteiger charge is 2.23. The van der Waals surface area contributed by atoms with Crippen molar-refractivity contribution in [3.8, 4) is 17.2 Å². The number of nitro groups is 1. The van der Waals surface area contributed by atoms with Crippen LogP contribution in [0, 0.1) is 10.1 Å². The molecule has 4 rings (SSSR count). The minimum Gasteiger partial charge on any atom is -0.436 e. The van der Waals surface area contributed by atoms with Crippen molar-refractivity contribution in [2.24, 2.45) is 0 Å². The number of nitrogens with zero attached hydrogens (tertiary/aromatic N) is 2. The van der Waals surface area contributed by atoms with Crippen LogP contribution in [0.2, 0.25) is 0 Å². The SMILES string of the molecule is O=C(Oc1ccccc1-c1nc2ccccc2o1)c1ccccc1[N+](=O)[O-]. The number of benzene rings is 3. The number of para-hydroxylation sites is 4. The largest absolute Gasteiger partial charge is 0.436 e. The van der Waals surface area contributed by atoms with Crippen molar-refractivity contribution in [3.05, 3.63) is 88.5 Å². The van der Waals surface area contributed by atoms with E-state index in [1.54, 1.807) is 30.3 Å². The van der Waals surface area contributed by atoms with Gasteiger partial charge in [0.25, 0.3) is 5.69 Å². The maximum Gasteiger partial charge on any atom is 0.350 e. The highest BCUT2D eigenvalue weighted by atomic mass is 16.6. The number of fused-ring (bicyclic) bond motifs is 1. The quantitative estimate of drug-likeness (QED) is 0.228. The minimum absolute atomic E-state index is 0.130. The van der Waals surface area contributed by atoms with E-state index < -0.39 is 10.9 Å². The van der Waals surface area contributed by atoms with Gasteiger partial charge in [-0.15, -0.1) is 0 Å². The molecule has 0 saturated carbocycles. The van der Waals surface area contributed by atoms with Crippen LogP contribution in [-0.4, -0.2) is 15.9 Å². The first-order valence-corrected chi connectivity index (χ1v) is 8.04. The van der Waals surface area contributed by atoms with Crippen molar-refractivity contribution in [1.29, 1.82) is 0 Å². The summed E-state index contributed by atoms with van der Waals surface area (Å²) >= 11 is 0. The Hall–Kier alpha value is -4.00. The average Bonchev–Trinajstić information content (AvgIpc) is 3.12. The van der Waals surface area contributed by atoms with E-state index in [1.807, 2.05) is 18.2 Å². The average molecular weight is 360 g/mol. The number of hydrogen-bond acceptors (Lipinski definition) is 6. The fourth-order valence-corrected chi connectivity index (χ4v) is 2.68. The number of oxazole rings is 1. The number of nitro benzene ring substituents is 1. The Balaban J connectivity index is 1.72. The molecule has 4 aromatic rings. The summed E-state index contributed by atoms with van der Waals surface area (Å²) in [5.74, 6) is -0.333. The molecule has 7 nitrogen and oxygen atoms in total. The van der Waals surface area contributed by atoms with Crippen molar-refractivity contribution in [1.82, 2.24) is 4.98 Å². The lowest BCUT2D eigenvalue weighted by molar-refractivity contribution is -0.385. The fraction of sp³-hybridized carbons (Fsp3) is 0. The third-order valence-electron chi connectivity index (χ3n) is 3.93. The molecule has 7 heteroatoms. The number of hydrogen-bond donors (Lipinski definition) is 0. The fourth-order valence-electron chi connectivity index (χ4n) is 2.68. The predicted molar refractivity (Wildman–Crippen MR) is 97.5 cm³/mol. The van der Waals surface area contributed by atoms with Crippen LogP contribution in [0.15, 0.2) is 77.2 Å². The van der Waals surface area contributed by atoms with E-state index in [4.69, 9.17) is 9.15 Å². The van der Waals surface area contributed by atoms with E-state index in [9.17, 15) is 14.9 Å². The smallest absolute Gasteiger partial charge is 0.350 e. The Morgan fingerprint density at radius 1 is 0.963 bits per heavy atom. The molecule has 0 bridgehead atoms. The number of ether oxygens (including phenoxy) is 1. The second-order valence-electron chi connectivity index (χ2n) is 5.65. The van der Waals surface area contributed by atoms with Gasteiger partial charge < -0.3 is 9.15 Å². The van der Waals surface area contributed by atoms with Gasteiger partial charge in [0.1, 0.15) is 16.8 Å². The number of rotatable bonds is 4. The highest BCUT2D eigenvalue weighted by Crippen LogP contribution is 2.32. The minimum atomic E-state index is -0.828. The van der Waals surface area contributed by atoms with Gasteiger partial charge in [0.2, 0.25) is 5.89 Å². The van der Waals surface area contributed by atoms with Gasteiger partial charge in [-0.2, -0.15) is 0 Å². The highest BCUT2D eigenvalue weighted by molar-refractivity contribution is 5.96. The van der Waals surface area contributed by atoms with Crippen LogP contribution >= 0.6 is 0 Å². The Labute approximate surface area is 153 Å². The number of carbonyl (C=O) groups is 1. The molecular weight excluding hydrogens is 348 g/mol. The van der Waals surface area contributed by atoms with Crippen molar-refractivity contribution >= 4 is 22.8 Å². The van der Waals surface area contributed by atoms with Crippen LogP contribution in [0.1, 0.15) is 10.4 Å². The molecule has 0 saturated heterocycles. The summed E-state index contributed by atoms with van der Waals surface area (Å²) in [7, 11) is 0. The summed E-state index contributed by atoms with van der Waals surface area (Å²) in [4.78, 5) is 27.4. The van der Waals surface area contributed by atoms with Crippen LogP contribution in [0.25, 0.3) is 22.6 Å². The number of aromatic nitrogens is 1. The lowest BCUT2D eigenvalue weighted by Gasteiger charge is -2.08. The molecule has 0 aliphatic rings. The molecule has 0 fully saturated rings. The second kappa shape index (κ2) is 6.72.